The van der Waals surface area contributed by atoms with Crippen molar-refractivity contribution < 1.29 is 0 Å². The fourth-order valence-electron chi connectivity index (χ4n) is 1.95. The molecule has 0 N–H and O–H groups in total. The third kappa shape index (κ3) is 2.01. The van der Waals surface area contributed by atoms with Crippen LogP contribution >= 0.6 is 0 Å². The van der Waals surface area contributed by atoms with E-state index in [0.29, 0.717) is 5.41 Å². The molecule has 0 bridgehead atoms. The molecule has 0 radical (unpaired) electrons. The quantitative estimate of drug-likeness (QED) is 0.583. The lowest BCUT2D eigenvalue weighted by molar-refractivity contribution is 0.0453. The lowest BCUT2D eigenvalue weighted by atomic mass is 9.75. The van der Waals surface area contributed by atoms with E-state index in [-0.39, 0.29) is 0 Å². The molecule has 0 saturated carbocycles. The van der Waals surface area contributed by atoms with Gasteiger partial charge in [-0.3, -0.25) is 0 Å². The highest BCUT2D eigenvalue weighted by atomic mass is 15.2. The van der Waals surface area contributed by atoms with Gasteiger partial charge in [0.25, 0.3) is 0 Å². The SMILES string of the molecule is CC(C)N1CCC(C)C(C)(C)C1. The predicted molar refractivity (Wildman–Crippen MR) is 54.3 cm³/mol. The third-order valence-corrected chi connectivity index (χ3v) is 3.52. The maximum Gasteiger partial charge on any atom is 0.00388 e. The molecule has 1 aliphatic heterocycles. The van der Waals surface area contributed by atoms with Crippen LogP contribution in [0.2, 0.25) is 0 Å². The molecule has 1 heteroatoms. The Labute approximate surface area is 77.1 Å². The van der Waals surface area contributed by atoms with Gasteiger partial charge in [0, 0.05) is 12.6 Å². The first-order chi connectivity index (χ1) is 5.43. The van der Waals surface area contributed by atoms with Crippen LogP contribution in [0.5, 0.6) is 0 Å². The highest BCUT2D eigenvalue weighted by molar-refractivity contribution is 4.85. The summed E-state index contributed by atoms with van der Waals surface area (Å²) in [6.07, 6.45) is 1.37. The van der Waals surface area contributed by atoms with Gasteiger partial charge in [0.2, 0.25) is 0 Å². The molecule has 1 aliphatic rings. The minimum absolute atomic E-state index is 0.516. The van der Waals surface area contributed by atoms with Crippen molar-refractivity contribution in [3.63, 3.8) is 0 Å². The summed E-state index contributed by atoms with van der Waals surface area (Å²) in [5, 5.41) is 0. The Morgan fingerprint density at radius 3 is 2.33 bits per heavy atom. The standard InChI is InChI=1S/C11H23N/c1-9(2)12-7-6-10(3)11(4,5)8-12/h9-10H,6-8H2,1-5H3. The van der Waals surface area contributed by atoms with Gasteiger partial charge in [-0.15, -0.1) is 0 Å². The lowest BCUT2D eigenvalue weighted by Gasteiger charge is -2.44. The van der Waals surface area contributed by atoms with E-state index < -0.39 is 0 Å². The van der Waals surface area contributed by atoms with Crippen molar-refractivity contribution in [1.29, 1.82) is 0 Å². The number of nitrogens with zero attached hydrogens (tertiary/aromatic N) is 1. The minimum atomic E-state index is 0.516. The number of hydrogen-bond acceptors (Lipinski definition) is 1. The number of hydrogen-bond donors (Lipinski definition) is 0. The van der Waals surface area contributed by atoms with Gasteiger partial charge in [0.05, 0.1) is 0 Å². The molecule has 1 nitrogen and oxygen atoms in total. The molecule has 72 valence electrons. The van der Waals surface area contributed by atoms with Crippen molar-refractivity contribution in [3.8, 4) is 0 Å². The van der Waals surface area contributed by atoms with Crippen LogP contribution in [-0.2, 0) is 0 Å². The van der Waals surface area contributed by atoms with E-state index in [4.69, 9.17) is 0 Å². The van der Waals surface area contributed by atoms with E-state index >= 15 is 0 Å². The lowest BCUT2D eigenvalue weighted by Crippen LogP contribution is -2.47. The van der Waals surface area contributed by atoms with Crippen molar-refractivity contribution in [3.05, 3.63) is 0 Å². The molecular weight excluding hydrogens is 146 g/mol. The van der Waals surface area contributed by atoms with Gasteiger partial charge in [-0.2, -0.15) is 0 Å². The van der Waals surface area contributed by atoms with E-state index in [1.165, 1.54) is 19.5 Å². The summed E-state index contributed by atoms with van der Waals surface area (Å²) in [5.41, 5.74) is 0.516. The van der Waals surface area contributed by atoms with E-state index in [9.17, 15) is 0 Å². The molecule has 1 rings (SSSR count). The van der Waals surface area contributed by atoms with Crippen LogP contribution < -0.4 is 0 Å². The summed E-state index contributed by atoms with van der Waals surface area (Å²) in [6, 6.07) is 0.719. The summed E-state index contributed by atoms with van der Waals surface area (Å²) in [4.78, 5) is 2.60. The van der Waals surface area contributed by atoms with Crippen LogP contribution in [0.15, 0.2) is 0 Å². The molecule has 0 aromatic heterocycles. The van der Waals surface area contributed by atoms with Gasteiger partial charge in [0.15, 0.2) is 0 Å². The zero-order valence-corrected chi connectivity index (χ0v) is 9.22. The average Bonchev–Trinajstić information content (AvgIpc) is 1.94. The molecule has 0 amide bonds. The third-order valence-electron chi connectivity index (χ3n) is 3.52. The van der Waals surface area contributed by atoms with Crippen molar-refractivity contribution in [2.24, 2.45) is 11.3 Å². The summed E-state index contributed by atoms with van der Waals surface area (Å²) < 4.78 is 0. The highest BCUT2D eigenvalue weighted by Gasteiger charge is 2.33. The van der Waals surface area contributed by atoms with Crippen molar-refractivity contribution in [2.75, 3.05) is 13.1 Å². The molecule has 0 aromatic rings. The molecule has 1 fully saturated rings. The van der Waals surface area contributed by atoms with Gasteiger partial charge in [0.1, 0.15) is 0 Å². The number of likely N-dealkylation sites (tertiary alicyclic amines) is 1. The summed E-state index contributed by atoms with van der Waals surface area (Å²) in [5.74, 6) is 0.882. The van der Waals surface area contributed by atoms with Crippen LogP contribution in [0.25, 0.3) is 0 Å². The first kappa shape index (κ1) is 10.0. The molecule has 1 unspecified atom stereocenters. The maximum atomic E-state index is 2.60. The Balaban J connectivity index is 2.57. The smallest absolute Gasteiger partial charge is 0.00388 e. The molecule has 12 heavy (non-hydrogen) atoms. The highest BCUT2D eigenvalue weighted by Crippen LogP contribution is 2.34. The van der Waals surface area contributed by atoms with Crippen molar-refractivity contribution >= 4 is 0 Å². The topological polar surface area (TPSA) is 3.24 Å². The van der Waals surface area contributed by atoms with E-state index in [1.807, 2.05) is 0 Å². The Hall–Kier alpha value is -0.0400. The zero-order valence-electron chi connectivity index (χ0n) is 9.22. The minimum Gasteiger partial charge on any atom is -0.300 e. The molecule has 0 aliphatic carbocycles. The second-order valence-electron chi connectivity index (χ2n) is 5.24. The van der Waals surface area contributed by atoms with Crippen LogP contribution in [-0.4, -0.2) is 24.0 Å². The summed E-state index contributed by atoms with van der Waals surface area (Å²) in [7, 11) is 0. The Morgan fingerprint density at radius 1 is 1.33 bits per heavy atom. The predicted octanol–water partition coefficient (Wildman–Crippen LogP) is 2.76. The van der Waals surface area contributed by atoms with Gasteiger partial charge in [-0.1, -0.05) is 20.8 Å². The second-order valence-corrected chi connectivity index (χ2v) is 5.24. The normalized spacial score (nSPS) is 31.0. The second kappa shape index (κ2) is 3.37. The van der Waals surface area contributed by atoms with Crippen LogP contribution in [0, 0.1) is 11.3 Å². The summed E-state index contributed by atoms with van der Waals surface area (Å²) >= 11 is 0. The van der Waals surface area contributed by atoms with Crippen LogP contribution in [0.3, 0.4) is 0 Å². The molecule has 1 atom stereocenters. The monoisotopic (exact) mass is 169 g/mol. The first-order valence-electron chi connectivity index (χ1n) is 5.17. The summed E-state index contributed by atoms with van der Waals surface area (Å²) in [6.45, 7) is 14.3. The van der Waals surface area contributed by atoms with Gasteiger partial charge in [-0.25, -0.2) is 0 Å². The van der Waals surface area contributed by atoms with Crippen LogP contribution in [0.4, 0.5) is 0 Å². The molecule has 1 saturated heterocycles. The Bertz CT molecular complexity index is 149. The van der Waals surface area contributed by atoms with Gasteiger partial charge < -0.3 is 4.90 Å². The Morgan fingerprint density at radius 2 is 1.92 bits per heavy atom. The fourth-order valence-corrected chi connectivity index (χ4v) is 1.95. The molecular formula is C11H23N. The molecule has 0 spiro atoms. The Kier molecular flexibility index (Phi) is 2.82. The van der Waals surface area contributed by atoms with Gasteiger partial charge >= 0.3 is 0 Å². The largest absolute Gasteiger partial charge is 0.300 e. The van der Waals surface area contributed by atoms with Crippen LogP contribution in [0.1, 0.15) is 41.0 Å². The van der Waals surface area contributed by atoms with Crippen molar-refractivity contribution in [1.82, 2.24) is 4.90 Å². The number of rotatable bonds is 1. The average molecular weight is 169 g/mol. The molecule has 0 aromatic carbocycles. The van der Waals surface area contributed by atoms with Crippen molar-refractivity contribution in [2.45, 2.75) is 47.1 Å². The van der Waals surface area contributed by atoms with E-state index in [0.717, 1.165) is 12.0 Å². The fraction of sp³-hybridized carbons (Fsp3) is 1.00. The van der Waals surface area contributed by atoms with E-state index in [2.05, 4.69) is 39.5 Å². The maximum absolute atomic E-state index is 2.60. The zero-order chi connectivity index (χ0) is 9.35. The molecule has 1 heterocycles. The first-order valence-corrected chi connectivity index (χ1v) is 5.17. The van der Waals surface area contributed by atoms with E-state index in [1.54, 1.807) is 0 Å². The van der Waals surface area contributed by atoms with Gasteiger partial charge in [-0.05, 0) is 38.1 Å². The number of piperidine rings is 1.